The second kappa shape index (κ2) is 11.0. The summed E-state index contributed by atoms with van der Waals surface area (Å²) in [4.78, 5) is 43.0. The number of likely N-dealkylation sites (N-methyl/N-ethyl adjacent to an activating group) is 1. The first-order valence-corrected chi connectivity index (χ1v) is 15.1. The van der Waals surface area contributed by atoms with Crippen LogP contribution in [0.4, 0.5) is 20.5 Å². The molecule has 2 fully saturated rings. The number of rotatable bonds is 8. The number of carbonyl (C=O) groups is 2. The van der Waals surface area contributed by atoms with Gasteiger partial charge in [-0.1, -0.05) is 29.6 Å². The lowest BCUT2D eigenvalue weighted by atomic mass is 10.1. The lowest BCUT2D eigenvalue weighted by Crippen LogP contribution is -2.56. The smallest absolute Gasteiger partial charge is 0.236 e. The Kier molecular flexibility index (Phi) is 7.39. The summed E-state index contributed by atoms with van der Waals surface area (Å²) in [7, 11) is 3.66. The minimum atomic E-state index is -0.454. The van der Waals surface area contributed by atoms with E-state index in [4.69, 9.17) is 15.1 Å². The van der Waals surface area contributed by atoms with Crippen LogP contribution in [0.15, 0.2) is 24.3 Å². The summed E-state index contributed by atoms with van der Waals surface area (Å²) in [6, 6.07) is 7.91. The third kappa shape index (κ3) is 5.00. The Bertz CT molecular complexity index is 1700. The third-order valence-electron chi connectivity index (χ3n) is 7.57. The summed E-state index contributed by atoms with van der Waals surface area (Å²) in [6.07, 6.45) is 0.442. The fourth-order valence-corrected chi connectivity index (χ4v) is 6.93. The molecule has 1 N–H and O–H groups in total. The van der Waals surface area contributed by atoms with Gasteiger partial charge in [-0.05, 0) is 37.7 Å². The van der Waals surface area contributed by atoms with Crippen LogP contribution in [0.5, 0.6) is 0 Å². The molecule has 1 atom stereocenters. The van der Waals surface area contributed by atoms with E-state index in [2.05, 4.69) is 6.07 Å². The fraction of sp³-hybridized carbons (Fsp3) is 0.407. The number of β-amino-alcohol motifs (C(OH)–C–C–N with tert-alkyl or cyclic N) is 1. The molecular formula is C27H28FN9O3S2. The number of fused-ring (bicyclic) bond motifs is 1. The van der Waals surface area contributed by atoms with E-state index in [9.17, 15) is 24.3 Å². The molecule has 2 aliphatic heterocycles. The number of halogens is 1. The predicted octanol–water partition coefficient (Wildman–Crippen LogP) is 2.50. The van der Waals surface area contributed by atoms with Crippen molar-refractivity contribution in [2.45, 2.75) is 31.9 Å². The van der Waals surface area contributed by atoms with Crippen molar-refractivity contribution in [2.75, 3.05) is 50.1 Å². The van der Waals surface area contributed by atoms with Gasteiger partial charge in [0.1, 0.15) is 22.5 Å². The molecule has 2 amide bonds. The second-order valence-corrected chi connectivity index (χ2v) is 12.3. The van der Waals surface area contributed by atoms with E-state index < -0.39 is 6.10 Å². The number of anilines is 3. The standard InChI is InChI=1S/C27H28FN9O3S2/c1-4-19-24(34(3)25-31-23(20(10-29)41-25)15-5-7-16(28)8-6-15)37-26(30-19)42-27(32-37)36-11-17(9-21(36)39)33(2)14-22(40)35-12-18(38)13-35/h5-8,17-18,38H,4,9,11-14H2,1-3H3. The van der Waals surface area contributed by atoms with Crippen LogP contribution in [0, 0.1) is 17.1 Å². The summed E-state index contributed by atoms with van der Waals surface area (Å²) in [5, 5.41) is 25.1. The number of hydrogen-bond donors (Lipinski definition) is 1. The normalized spacial score (nSPS) is 17.4. The van der Waals surface area contributed by atoms with Gasteiger partial charge in [0.25, 0.3) is 0 Å². The molecule has 0 aliphatic carbocycles. The molecule has 218 valence electrons. The molecule has 6 rings (SSSR count). The molecule has 12 nitrogen and oxygen atoms in total. The number of amides is 2. The van der Waals surface area contributed by atoms with Gasteiger partial charge in [0.05, 0.1) is 18.3 Å². The molecular weight excluding hydrogens is 581 g/mol. The van der Waals surface area contributed by atoms with Gasteiger partial charge in [0, 0.05) is 44.7 Å². The van der Waals surface area contributed by atoms with E-state index in [1.54, 1.807) is 26.4 Å². The highest BCUT2D eigenvalue weighted by Gasteiger charge is 2.37. The van der Waals surface area contributed by atoms with Gasteiger partial charge >= 0.3 is 0 Å². The van der Waals surface area contributed by atoms with Gasteiger partial charge in [-0.2, -0.15) is 9.78 Å². The van der Waals surface area contributed by atoms with Gasteiger partial charge in [0.2, 0.25) is 21.9 Å². The van der Waals surface area contributed by atoms with Crippen LogP contribution in [-0.2, 0) is 16.0 Å². The lowest BCUT2D eigenvalue weighted by Gasteiger charge is -2.37. The van der Waals surface area contributed by atoms with Crippen LogP contribution < -0.4 is 9.80 Å². The summed E-state index contributed by atoms with van der Waals surface area (Å²) in [5.74, 6) is 0.171. The first-order valence-electron chi connectivity index (χ1n) is 13.4. The van der Waals surface area contributed by atoms with Crippen LogP contribution in [0.1, 0.15) is 23.9 Å². The van der Waals surface area contributed by atoms with Crippen LogP contribution >= 0.6 is 22.7 Å². The van der Waals surface area contributed by atoms with Crippen LogP contribution in [-0.4, -0.2) is 98.7 Å². The number of nitrogens with zero attached hydrogens (tertiary/aromatic N) is 9. The Hall–Kier alpha value is -3.97. The van der Waals surface area contributed by atoms with Crippen LogP contribution in [0.3, 0.4) is 0 Å². The van der Waals surface area contributed by atoms with E-state index in [1.807, 2.05) is 30.8 Å². The average Bonchev–Trinajstić information content (AvgIpc) is 3.72. The maximum absolute atomic E-state index is 13.5. The number of aromatic nitrogens is 4. The third-order valence-corrected chi connectivity index (χ3v) is 9.54. The zero-order chi connectivity index (χ0) is 29.7. The summed E-state index contributed by atoms with van der Waals surface area (Å²) in [5.41, 5.74) is 1.91. The van der Waals surface area contributed by atoms with Crippen molar-refractivity contribution in [3.05, 3.63) is 40.7 Å². The molecule has 5 heterocycles. The maximum atomic E-state index is 13.5. The van der Waals surface area contributed by atoms with Crippen LogP contribution in [0.2, 0.25) is 0 Å². The minimum Gasteiger partial charge on any atom is -0.389 e. The number of thiazole rings is 1. The number of carbonyl (C=O) groups excluding carboxylic acids is 2. The van der Waals surface area contributed by atoms with Gasteiger partial charge in [-0.25, -0.2) is 14.4 Å². The summed E-state index contributed by atoms with van der Waals surface area (Å²) >= 11 is 2.53. The molecule has 0 radical (unpaired) electrons. The molecule has 3 aromatic heterocycles. The quantitative estimate of drug-likeness (QED) is 0.320. The zero-order valence-corrected chi connectivity index (χ0v) is 24.8. The number of aliphatic hydroxyl groups is 1. The molecule has 15 heteroatoms. The van der Waals surface area contributed by atoms with Gasteiger partial charge in [0.15, 0.2) is 10.9 Å². The van der Waals surface area contributed by atoms with Gasteiger partial charge in [-0.15, -0.1) is 5.10 Å². The number of aliphatic hydroxyl groups excluding tert-OH is 1. The number of imidazole rings is 1. The number of hydrogen-bond acceptors (Lipinski definition) is 11. The van der Waals surface area contributed by atoms with Crippen molar-refractivity contribution in [3.8, 4) is 17.3 Å². The molecule has 0 spiro atoms. The number of aryl methyl sites for hydroxylation is 1. The average molecular weight is 610 g/mol. The summed E-state index contributed by atoms with van der Waals surface area (Å²) in [6.45, 7) is 3.26. The van der Waals surface area contributed by atoms with Crippen molar-refractivity contribution < 1.29 is 19.1 Å². The van der Waals surface area contributed by atoms with Crippen molar-refractivity contribution in [3.63, 3.8) is 0 Å². The SMILES string of the molecule is CCc1nc2sc(N3CC(N(C)CC(=O)N4CC(O)C4)CC3=O)nn2c1N(C)c1nc(-c2ccc(F)cc2)c(C#N)s1. The zero-order valence-electron chi connectivity index (χ0n) is 23.2. The molecule has 1 aromatic carbocycles. The highest BCUT2D eigenvalue weighted by molar-refractivity contribution is 7.20. The van der Waals surface area contributed by atoms with E-state index in [0.29, 0.717) is 63.2 Å². The molecule has 1 unspecified atom stereocenters. The van der Waals surface area contributed by atoms with Crippen molar-refractivity contribution in [1.82, 2.24) is 29.4 Å². The van der Waals surface area contributed by atoms with E-state index in [1.165, 1.54) is 34.8 Å². The fourth-order valence-electron chi connectivity index (χ4n) is 5.14. The van der Waals surface area contributed by atoms with Gasteiger partial charge in [-0.3, -0.25) is 19.4 Å². The van der Waals surface area contributed by atoms with Gasteiger partial charge < -0.3 is 14.9 Å². The van der Waals surface area contributed by atoms with Crippen LogP contribution in [0.25, 0.3) is 16.2 Å². The molecule has 0 saturated carbocycles. The Morgan fingerprint density at radius 3 is 2.60 bits per heavy atom. The molecule has 2 saturated heterocycles. The topological polar surface area (TPSA) is 134 Å². The Morgan fingerprint density at radius 1 is 1.19 bits per heavy atom. The number of likely N-dealkylation sites (tertiary alicyclic amines) is 1. The summed E-state index contributed by atoms with van der Waals surface area (Å²) < 4.78 is 15.2. The maximum Gasteiger partial charge on any atom is 0.236 e. The Labute approximate surface area is 248 Å². The molecule has 0 bridgehead atoms. The minimum absolute atomic E-state index is 0.0643. The van der Waals surface area contributed by atoms with Crippen molar-refractivity contribution in [2.24, 2.45) is 0 Å². The van der Waals surface area contributed by atoms with E-state index >= 15 is 0 Å². The lowest BCUT2D eigenvalue weighted by molar-refractivity contribution is -0.142. The molecule has 2 aliphatic rings. The van der Waals surface area contributed by atoms with E-state index in [-0.39, 0.29) is 36.6 Å². The largest absolute Gasteiger partial charge is 0.389 e. The predicted molar refractivity (Wildman–Crippen MR) is 157 cm³/mol. The highest BCUT2D eigenvalue weighted by Crippen LogP contribution is 2.38. The highest BCUT2D eigenvalue weighted by atomic mass is 32.1. The Balaban J connectivity index is 1.25. The number of benzene rings is 1. The molecule has 42 heavy (non-hydrogen) atoms. The van der Waals surface area contributed by atoms with Crippen molar-refractivity contribution >= 4 is 55.5 Å². The monoisotopic (exact) mass is 609 g/mol. The van der Waals surface area contributed by atoms with E-state index in [0.717, 1.165) is 5.69 Å². The first-order chi connectivity index (χ1) is 20.2. The molecule has 4 aromatic rings. The second-order valence-electron chi connectivity index (χ2n) is 10.4. The first kappa shape index (κ1) is 28.2. The number of nitriles is 1. The van der Waals surface area contributed by atoms with Crippen molar-refractivity contribution in [1.29, 1.82) is 5.26 Å². The Morgan fingerprint density at radius 2 is 1.93 bits per heavy atom.